The quantitative estimate of drug-likeness (QED) is 0.895. The van der Waals surface area contributed by atoms with Gasteiger partial charge in [-0.1, -0.05) is 37.5 Å². The summed E-state index contributed by atoms with van der Waals surface area (Å²) in [5.74, 6) is -0.327. The fourth-order valence-corrected chi connectivity index (χ4v) is 3.25. The van der Waals surface area contributed by atoms with E-state index in [1.54, 1.807) is 7.05 Å². The maximum absolute atomic E-state index is 12.6. The van der Waals surface area contributed by atoms with Gasteiger partial charge in [0, 0.05) is 12.7 Å². The average molecular weight is 317 g/mol. The molecule has 1 aliphatic carbocycles. The van der Waals surface area contributed by atoms with Crippen LogP contribution in [-0.2, 0) is 9.59 Å². The van der Waals surface area contributed by atoms with E-state index in [1.165, 1.54) is 4.90 Å². The van der Waals surface area contributed by atoms with E-state index in [9.17, 15) is 9.59 Å². The van der Waals surface area contributed by atoms with Gasteiger partial charge in [-0.3, -0.25) is 9.59 Å². The summed E-state index contributed by atoms with van der Waals surface area (Å²) in [6.07, 6.45) is 4.49. The highest BCUT2D eigenvalue weighted by atomic mass is 16.2. The number of nitrogens with one attached hydrogen (secondary N) is 1. The molecule has 3 N–H and O–H groups in total. The third-order valence-corrected chi connectivity index (χ3v) is 4.64. The Bertz CT molecular complexity index is 572. The van der Waals surface area contributed by atoms with Crippen molar-refractivity contribution < 1.29 is 9.59 Å². The Kier molecular flexibility index (Phi) is 5.42. The first-order valence-corrected chi connectivity index (χ1v) is 8.24. The molecule has 0 radical (unpaired) electrons. The lowest BCUT2D eigenvalue weighted by molar-refractivity contribution is -0.139. The van der Waals surface area contributed by atoms with Crippen LogP contribution >= 0.6 is 0 Å². The molecular weight excluding hydrogens is 290 g/mol. The van der Waals surface area contributed by atoms with Crippen LogP contribution in [0.15, 0.2) is 18.2 Å². The van der Waals surface area contributed by atoms with Crippen LogP contribution in [0.4, 0.5) is 5.69 Å². The summed E-state index contributed by atoms with van der Waals surface area (Å²) in [4.78, 5) is 26.3. The molecule has 0 heterocycles. The van der Waals surface area contributed by atoms with E-state index in [2.05, 4.69) is 5.32 Å². The van der Waals surface area contributed by atoms with Gasteiger partial charge in [0.15, 0.2) is 0 Å². The number of benzene rings is 1. The minimum atomic E-state index is -0.800. The molecule has 0 aromatic heterocycles. The summed E-state index contributed by atoms with van der Waals surface area (Å²) >= 11 is 0. The molecule has 1 saturated carbocycles. The predicted octanol–water partition coefficient (Wildman–Crippen LogP) is 2.36. The Labute approximate surface area is 138 Å². The molecule has 1 fully saturated rings. The van der Waals surface area contributed by atoms with Crippen LogP contribution in [0, 0.1) is 13.8 Å². The molecule has 5 nitrogen and oxygen atoms in total. The number of carbonyl (C=O) groups is 2. The van der Waals surface area contributed by atoms with Crippen LogP contribution in [0.3, 0.4) is 0 Å². The first-order valence-electron chi connectivity index (χ1n) is 8.24. The van der Waals surface area contributed by atoms with E-state index >= 15 is 0 Å². The lowest BCUT2D eigenvalue weighted by Gasteiger charge is -2.35. The second-order valence-corrected chi connectivity index (χ2v) is 6.69. The normalized spacial score (nSPS) is 16.7. The Hall–Kier alpha value is -1.88. The van der Waals surface area contributed by atoms with Crippen LogP contribution in [0.5, 0.6) is 0 Å². The molecule has 23 heavy (non-hydrogen) atoms. The van der Waals surface area contributed by atoms with E-state index in [-0.39, 0.29) is 18.4 Å². The van der Waals surface area contributed by atoms with Crippen molar-refractivity contribution in [1.29, 1.82) is 0 Å². The van der Waals surface area contributed by atoms with Crippen molar-refractivity contribution in [3.8, 4) is 0 Å². The molecule has 1 aromatic carbocycles. The molecule has 5 heteroatoms. The number of nitrogens with zero attached hydrogens (tertiary/aromatic N) is 1. The minimum Gasteiger partial charge on any atom is -0.335 e. The molecule has 0 bridgehead atoms. The van der Waals surface area contributed by atoms with E-state index in [4.69, 9.17) is 5.73 Å². The number of anilines is 1. The summed E-state index contributed by atoms with van der Waals surface area (Å²) in [5, 5.41) is 2.91. The second kappa shape index (κ2) is 7.13. The monoisotopic (exact) mass is 317 g/mol. The molecule has 0 spiro atoms. The molecule has 0 atom stereocenters. The highest BCUT2D eigenvalue weighted by Gasteiger charge is 2.37. The summed E-state index contributed by atoms with van der Waals surface area (Å²) in [7, 11) is 1.65. The molecule has 126 valence electrons. The summed E-state index contributed by atoms with van der Waals surface area (Å²) in [5.41, 5.74) is 8.29. The number of aryl methyl sites for hydroxylation is 2. The van der Waals surface area contributed by atoms with E-state index in [0.717, 1.165) is 36.1 Å². The van der Waals surface area contributed by atoms with Gasteiger partial charge in [-0.25, -0.2) is 0 Å². The lowest BCUT2D eigenvalue weighted by atomic mass is 9.81. The van der Waals surface area contributed by atoms with Gasteiger partial charge in [0.25, 0.3) is 0 Å². The number of hydrogen-bond donors (Lipinski definition) is 2. The Morgan fingerprint density at radius 1 is 1.17 bits per heavy atom. The molecule has 0 saturated heterocycles. The Morgan fingerprint density at radius 3 is 2.30 bits per heavy atom. The van der Waals surface area contributed by atoms with Crippen molar-refractivity contribution in [3.63, 3.8) is 0 Å². The number of carbonyl (C=O) groups excluding carboxylic acids is 2. The van der Waals surface area contributed by atoms with Crippen molar-refractivity contribution in [2.75, 3.05) is 18.9 Å². The first-order chi connectivity index (χ1) is 10.8. The topological polar surface area (TPSA) is 75.4 Å². The molecule has 2 amide bonds. The lowest BCUT2D eigenvalue weighted by Crippen LogP contribution is -2.56. The van der Waals surface area contributed by atoms with Crippen molar-refractivity contribution in [2.45, 2.75) is 51.5 Å². The number of rotatable bonds is 4. The standard InChI is InChI=1S/C18H27N3O2/c1-13-8-7-9-14(2)16(13)20-15(22)12-21(3)17(23)18(19)10-5-4-6-11-18/h7-9H,4-6,10-12,19H2,1-3H3,(H,20,22). The van der Waals surface area contributed by atoms with Crippen LogP contribution < -0.4 is 11.1 Å². The minimum absolute atomic E-state index is 0.0194. The Balaban J connectivity index is 1.98. The highest BCUT2D eigenvalue weighted by Crippen LogP contribution is 2.27. The fourth-order valence-electron chi connectivity index (χ4n) is 3.25. The zero-order chi connectivity index (χ0) is 17.0. The maximum atomic E-state index is 12.6. The van der Waals surface area contributed by atoms with E-state index < -0.39 is 5.54 Å². The zero-order valence-electron chi connectivity index (χ0n) is 14.3. The molecule has 1 aliphatic rings. The van der Waals surface area contributed by atoms with Gasteiger partial charge in [0.2, 0.25) is 11.8 Å². The maximum Gasteiger partial charge on any atom is 0.243 e. The van der Waals surface area contributed by atoms with E-state index in [0.29, 0.717) is 12.8 Å². The smallest absolute Gasteiger partial charge is 0.243 e. The van der Waals surface area contributed by atoms with Gasteiger partial charge in [0.05, 0.1) is 12.1 Å². The SMILES string of the molecule is Cc1cccc(C)c1NC(=O)CN(C)C(=O)C1(N)CCCCC1. The van der Waals surface area contributed by atoms with Crippen molar-refractivity contribution >= 4 is 17.5 Å². The third-order valence-electron chi connectivity index (χ3n) is 4.64. The Morgan fingerprint density at radius 2 is 1.74 bits per heavy atom. The van der Waals surface area contributed by atoms with Crippen LogP contribution in [-0.4, -0.2) is 35.8 Å². The van der Waals surface area contributed by atoms with Crippen molar-refractivity contribution in [2.24, 2.45) is 5.73 Å². The van der Waals surface area contributed by atoms with Gasteiger partial charge in [-0.15, -0.1) is 0 Å². The summed E-state index contributed by atoms with van der Waals surface area (Å²) in [6, 6.07) is 5.86. The fraction of sp³-hybridized carbons (Fsp3) is 0.556. The molecule has 2 rings (SSSR count). The van der Waals surface area contributed by atoms with Gasteiger partial charge in [-0.05, 0) is 37.8 Å². The molecule has 0 aliphatic heterocycles. The zero-order valence-corrected chi connectivity index (χ0v) is 14.3. The van der Waals surface area contributed by atoms with Gasteiger partial charge >= 0.3 is 0 Å². The predicted molar refractivity (Wildman–Crippen MR) is 92.2 cm³/mol. The van der Waals surface area contributed by atoms with E-state index in [1.807, 2.05) is 32.0 Å². The van der Waals surface area contributed by atoms with Crippen LogP contribution in [0.25, 0.3) is 0 Å². The largest absolute Gasteiger partial charge is 0.335 e. The second-order valence-electron chi connectivity index (χ2n) is 6.69. The third kappa shape index (κ3) is 4.10. The molecule has 1 aromatic rings. The van der Waals surface area contributed by atoms with Crippen molar-refractivity contribution in [1.82, 2.24) is 4.90 Å². The summed E-state index contributed by atoms with van der Waals surface area (Å²) in [6.45, 7) is 3.92. The number of para-hydroxylation sites is 1. The van der Waals surface area contributed by atoms with Crippen molar-refractivity contribution in [3.05, 3.63) is 29.3 Å². The number of hydrogen-bond acceptors (Lipinski definition) is 3. The molecule has 0 unspecified atom stereocenters. The highest BCUT2D eigenvalue weighted by molar-refractivity contribution is 5.97. The number of amides is 2. The number of nitrogens with two attached hydrogens (primary N) is 1. The first kappa shape index (κ1) is 17.5. The van der Waals surface area contributed by atoms with Gasteiger partial charge in [0.1, 0.15) is 0 Å². The molecular formula is C18H27N3O2. The summed E-state index contributed by atoms with van der Waals surface area (Å²) < 4.78 is 0. The van der Waals surface area contributed by atoms with Gasteiger partial charge < -0.3 is 16.0 Å². The van der Waals surface area contributed by atoms with Gasteiger partial charge in [-0.2, -0.15) is 0 Å². The van der Waals surface area contributed by atoms with Crippen LogP contribution in [0.2, 0.25) is 0 Å². The number of likely N-dealkylation sites (N-methyl/N-ethyl adjacent to an activating group) is 1. The average Bonchev–Trinajstić information content (AvgIpc) is 2.51. The van der Waals surface area contributed by atoms with Crippen LogP contribution in [0.1, 0.15) is 43.2 Å².